The van der Waals surface area contributed by atoms with Crippen molar-refractivity contribution < 1.29 is 21.9 Å². The van der Waals surface area contributed by atoms with Crippen LogP contribution in [0.25, 0.3) is 0 Å². The number of hydrogen-bond donors (Lipinski definition) is 0. The molecule has 0 atom stereocenters. The van der Waals surface area contributed by atoms with E-state index in [1.165, 1.54) is 38.4 Å². The molecule has 124 valence electrons. The summed E-state index contributed by atoms with van der Waals surface area (Å²) in [5, 5.41) is 0. The van der Waals surface area contributed by atoms with Crippen LogP contribution in [0.1, 0.15) is 5.56 Å². The molecule has 0 fully saturated rings. The summed E-state index contributed by atoms with van der Waals surface area (Å²) in [6, 6.07) is 7.66. The van der Waals surface area contributed by atoms with E-state index in [0.717, 1.165) is 16.4 Å². The summed E-state index contributed by atoms with van der Waals surface area (Å²) in [7, 11) is -0.931. The van der Waals surface area contributed by atoms with Gasteiger partial charge in [-0.15, -0.1) is 0 Å². The number of nitrogens with zero attached hydrogens (tertiary/aromatic N) is 1. The van der Waals surface area contributed by atoms with Crippen LogP contribution in [0.15, 0.2) is 45.8 Å². The van der Waals surface area contributed by atoms with Crippen LogP contribution < -0.4 is 4.74 Å². The molecule has 0 amide bonds. The minimum absolute atomic E-state index is 0.0651. The van der Waals surface area contributed by atoms with Gasteiger partial charge in [0, 0.05) is 13.6 Å². The highest BCUT2D eigenvalue weighted by molar-refractivity contribution is 9.10. The Morgan fingerprint density at radius 2 is 1.83 bits per heavy atom. The Kier molecular flexibility index (Phi) is 5.38. The molecule has 2 rings (SSSR count). The highest BCUT2D eigenvalue weighted by atomic mass is 79.9. The summed E-state index contributed by atoms with van der Waals surface area (Å²) < 4.78 is 57.8. The zero-order valence-corrected chi connectivity index (χ0v) is 14.8. The van der Waals surface area contributed by atoms with Gasteiger partial charge < -0.3 is 4.74 Å². The number of hydrogen-bond acceptors (Lipinski definition) is 3. The molecule has 0 aromatic heterocycles. The monoisotopic (exact) mass is 405 g/mol. The maximum Gasteiger partial charge on any atom is 0.243 e. The van der Waals surface area contributed by atoms with Crippen molar-refractivity contribution in [2.45, 2.75) is 11.4 Å². The molecular formula is C15H14BrF2NO3S. The first kappa shape index (κ1) is 17.8. The third kappa shape index (κ3) is 3.88. The number of sulfonamides is 1. The van der Waals surface area contributed by atoms with Gasteiger partial charge >= 0.3 is 0 Å². The first-order valence-electron chi connectivity index (χ1n) is 6.49. The van der Waals surface area contributed by atoms with Crippen molar-refractivity contribution in [1.29, 1.82) is 0 Å². The van der Waals surface area contributed by atoms with Gasteiger partial charge in [0.25, 0.3) is 0 Å². The van der Waals surface area contributed by atoms with Crippen molar-refractivity contribution in [2.75, 3.05) is 14.2 Å². The fraction of sp³-hybridized carbons (Fsp3) is 0.200. The molecule has 0 radical (unpaired) electrons. The van der Waals surface area contributed by atoms with Crippen molar-refractivity contribution in [3.63, 3.8) is 0 Å². The molecule has 23 heavy (non-hydrogen) atoms. The molecule has 0 saturated heterocycles. The van der Waals surface area contributed by atoms with E-state index in [2.05, 4.69) is 15.9 Å². The highest BCUT2D eigenvalue weighted by Crippen LogP contribution is 2.29. The van der Waals surface area contributed by atoms with E-state index in [9.17, 15) is 17.2 Å². The van der Waals surface area contributed by atoms with Gasteiger partial charge in [-0.05, 0) is 51.8 Å². The van der Waals surface area contributed by atoms with Gasteiger partial charge in [0.1, 0.15) is 5.75 Å². The van der Waals surface area contributed by atoms with Gasteiger partial charge in [0.15, 0.2) is 11.6 Å². The molecular weight excluding hydrogens is 392 g/mol. The van der Waals surface area contributed by atoms with E-state index in [-0.39, 0.29) is 11.4 Å². The van der Waals surface area contributed by atoms with E-state index in [1.54, 1.807) is 0 Å². The molecule has 0 aliphatic carbocycles. The molecule has 0 spiro atoms. The van der Waals surface area contributed by atoms with Crippen molar-refractivity contribution >= 4 is 26.0 Å². The van der Waals surface area contributed by atoms with Crippen LogP contribution in [0, 0.1) is 11.6 Å². The number of benzene rings is 2. The molecule has 2 aromatic carbocycles. The van der Waals surface area contributed by atoms with Crippen LogP contribution in [0.4, 0.5) is 8.78 Å². The Labute approximate surface area is 141 Å². The number of halogens is 3. The van der Waals surface area contributed by atoms with E-state index >= 15 is 0 Å². The normalized spacial score (nSPS) is 11.7. The van der Waals surface area contributed by atoms with Crippen LogP contribution in [-0.4, -0.2) is 26.9 Å². The lowest BCUT2D eigenvalue weighted by Crippen LogP contribution is -2.26. The van der Waals surface area contributed by atoms with Gasteiger partial charge in [-0.3, -0.25) is 0 Å². The topological polar surface area (TPSA) is 46.6 Å². The van der Waals surface area contributed by atoms with E-state index in [4.69, 9.17) is 4.74 Å². The lowest BCUT2D eigenvalue weighted by Gasteiger charge is -2.18. The van der Waals surface area contributed by atoms with Crippen LogP contribution in [-0.2, 0) is 16.6 Å². The van der Waals surface area contributed by atoms with Crippen molar-refractivity contribution in [2.24, 2.45) is 0 Å². The molecule has 0 heterocycles. The van der Waals surface area contributed by atoms with Crippen molar-refractivity contribution in [3.05, 3.63) is 58.1 Å². The van der Waals surface area contributed by atoms with Gasteiger partial charge in [0.2, 0.25) is 10.0 Å². The average molecular weight is 406 g/mol. The molecule has 0 unspecified atom stereocenters. The third-order valence-electron chi connectivity index (χ3n) is 3.22. The fourth-order valence-electron chi connectivity index (χ4n) is 1.97. The van der Waals surface area contributed by atoms with Crippen LogP contribution in [0.5, 0.6) is 5.75 Å². The van der Waals surface area contributed by atoms with Crippen LogP contribution in [0.3, 0.4) is 0 Å². The quantitative estimate of drug-likeness (QED) is 0.763. The summed E-state index contributed by atoms with van der Waals surface area (Å²) in [6.45, 7) is -0.0802. The molecule has 0 aliphatic heterocycles. The summed E-state index contributed by atoms with van der Waals surface area (Å²) >= 11 is 3.23. The highest BCUT2D eigenvalue weighted by Gasteiger charge is 2.22. The third-order valence-corrected chi connectivity index (χ3v) is 5.64. The standard InChI is InChI=1S/C15H14BrF2NO3S/c1-19(9-10-3-5-13(17)14(18)7-10)23(20,21)11-4-6-15(22-2)12(16)8-11/h3-8H,9H2,1-2H3. The van der Waals surface area contributed by atoms with Crippen LogP contribution in [0.2, 0.25) is 0 Å². The maximum atomic E-state index is 13.2. The Bertz CT molecular complexity index is 827. The molecule has 0 bridgehead atoms. The Balaban J connectivity index is 2.27. The van der Waals surface area contributed by atoms with Crippen molar-refractivity contribution in [1.82, 2.24) is 4.31 Å². The summed E-state index contributed by atoms with van der Waals surface area (Å²) in [5.41, 5.74) is 0.350. The number of rotatable bonds is 5. The Morgan fingerprint density at radius 1 is 1.13 bits per heavy atom. The van der Waals surface area contributed by atoms with Gasteiger partial charge in [-0.25, -0.2) is 17.2 Å². The van der Waals surface area contributed by atoms with E-state index in [1.807, 2.05) is 0 Å². The van der Waals surface area contributed by atoms with Crippen LogP contribution >= 0.6 is 15.9 Å². The Morgan fingerprint density at radius 3 is 2.39 bits per heavy atom. The first-order valence-corrected chi connectivity index (χ1v) is 8.73. The van der Waals surface area contributed by atoms with E-state index in [0.29, 0.717) is 15.8 Å². The molecule has 4 nitrogen and oxygen atoms in total. The average Bonchev–Trinajstić information content (AvgIpc) is 2.50. The smallest absolute Gasteiger partial charge is 0.243 e. The second-order valence-electron chi connectivity index (χ2n) is 4.81. The molecule has 0 aliphatic rings. The second kappa shape index (κ2) is 6.94. The SMILES string of the molecule is COc1ccc(S(=O)(=O)N(C)Cc2ccc(F)c(F)c2)cc1Br. The zero-order valence-electron chi connectivity index (χ0n) is 12.4. The van der Waals surface area contributed by atoms with E-state index < -0.39 is 21.7 Å². The van der Waals surface area contributed by atoms with Gasteiger partial charge in [-0.1, -0.05) is 6.07 Å². The maximum absolute atomic E-state index is 13.2. The largest absolute Gasteiger partial charge is 0.496 e. The fourth-order valence-corrected chi connectivity index (χ4v) is 3.85. The molecule has 0 N–H and O–H groups in total. The van der Waals surface area contributed by atoms with Gasteiger partial charge in [-0.2, -0.15) is 4.31 Å². The summed E-state index contributed by atoms with van der Waals surface area (Å²) in [6.07, 6.45) is 0. The second-order valence-corrected chi connectivity index (χ2v) is 7.71. The first-order chi connectivity index (χ1) is 10.8. The molecule has 2 aromatic rings. The lowest BCUT2D eigenvalue weighted by molar-refractivity contribution is 0.411. The lowest BCUT2D eigenvalue weighted by atomic mass is 10.2. The predicted octanol–water partition coefficient (Wildman–Crippen LogP) is 3.56. The van der Waals surface area contributed by atoms with Crippen molar-refractivity contribution in [3.8, 4) is 5.75 Å². The Hall–Kier alpha value is -1.51. The molecule has 0 saturated carbocycles. The number of methoxy groups -OCH3 is 1. The summed E-state index contributed by atoms with van der Waals surface area (Å²) in [4.78, 5) is 0.0651. The number of ether oxygens (including phenoxy) is 1. The van der Waals surface area contributed by atoms with Gasteiger partial charge in [0.05, 0.1) is 16.5 Å². The minimum Gasteiger partial charge on any atom is -0.496 e. The minimum atomic E-state index is -3.78. The summed E-state index contributed by atoms with van der Waals surface area (Å²) in [5.74, 6) is -1.48. The molecule has 8 heteroatoms. The zero-order chi connectivity index (χ0) is 17.2. The predicted molar refractivity (Wildman–Crippen MR) is 85.7 cm³/mol.